The third kappa shape index (κ3) is 5.75. The Morgan fingerprint density at radius 2 is 1.96 bits per heavy atom. The summed E-state index contributed by atoms with van der Waals surface area (Å²) < 4.78 is 2.34. The molecule has 5 nitrogen and oxygen atoms in total. The van der Waals surface area contributed by atoms with Crippen LogP contribution in [0.5, 0.6) is 0 Å². The van der Waals surface area contributed by atoms with Crippen LogP contribution in [0, 0.1) is 6.92 Å². The molecule has 1 heterocycles. The van der Waals surface area contributed by atoms with Gasteiger partial charge in [-0.25, -0.2) is 0 Å². The molecule has 2 aromatic rings. The van der Waals surface area contributed by atoms with Gasteiger partial charge < -0.3 is 9.88 Å². The Hall–Kier alpha value is -1.47. The highest BCUT2D eigenvalue weighted by Crippen LogP contribution is 2.33. The highest BCUT2D eigenvalue weighted by Gasteiger charge is 2.23. The lowest BCUT2D eigenvalue weighted by Gasteiger charge is -2.16. The number of aryl methyl sites for hydroxylation is 2. The monoisotopic (exact) mass is 404 g/mol. The Morgan fingerprint density at radius 1 is 1.22 bits per heavy atom. The zero-order valence-corrected chi connectivity index (χ0v) is 17.7. The van der Waals surface area contributed by atoms with E-state index < -0.39 is 0 Å². The first-order valence-corrected chi connectivity index (χ1v) is 11.8. The first-order chi connectivity index (χ1) is 13.2. The van der Waals surface area contributed by atoms with Crippen molar-refractivity contribution < 1.29 is 4.79 Å². The molecule has 1 aliphatic rings. The Labute approximate surface area is 170 Å². The van der Waals surface area contributed by atoms with E-state index in [9.17, 15) is 4.79 Å². The van der Waals surface area contributed by atoms with Crippen LogP contribution in [0.1, 0.15) is 49.5 Å². The molecule has 0 saturated heterocycles. The van der Waals surface area contributed by atoms with Crippen molar-refractivity contribution in [3.05, 3.63) is 35.7 Å². The maximum absolute atomic E-state index is 12.1. The average molecular weight is 405 g/mol. The standard InChI is InChI=1S/C20H28N4OS2/c1-15-9-11-17(12-10-15)27-14-19(25)21-13-5-8-18-22-23-20(26-2)24(18)16-6-3-4-7-16/h9-12,16H,3-8,13-14H2,1-2H3,(H,21,25). The van der Waals surface area contributed by atoms with Gasteiger partial charge in [-0.1, -0.05) is 42.3 Å². The maximum atomic E-state index is 12.1. The molecule has 0 bridgehead atoms. The van der Waals surface area contributed by atoms with E-state index >= 15 is 0 Å². The molecule has 146 valence electrons. The highest BCUT2D eigenvalue weighted by atomic mass is 32.2. The molecule has 0 unspecified atom stereocenters. The van der Waals surface area contributed by atoms with Gasteiger partial charge in [0.05, 0.1) is 5.75 Å². The van der Waals surface area contributed by atoms with Gasteiger partial charge in [-0.05, 0) is 44.6 Å². The molecular formula is C20H28N4OS2. The van der Waals surface area contributed by atoms with Crippen LogP contribution in [-0.2, 0) is 11.2 Å². The molecule has 0 aliphatic heterocycles. The highest BCUT2D eigenvalue weighted by molar-refractivity contribution is 8.00. The molecule has 1 aromatic carbocycles. The minimum atomic E-state index is 0.0858. The van der Waals surface area contributed by atoms with Gasteiger partial charge in [0.15, 0.2) is 5.16 Å². The summed E-state index contributed by atoms with van der Waals surface area (Å²) in [7, 11) is 0. The summed E-state index contributed by atoms with van der Waals surface area (Å²) in [6.45, 7) is 2.75. The number of nitrogens with zero attached hydrogens (tertiary/aromatic N) is 3. The minimum absolute atomic E-state index is 0.0858. The lowest BCUT2D eigenvalue weighted by Crippen LogP contribution is -2.26. The van der Waals surface area contributed by atoms with Crippen molar-refractivity contribution in [3.63, 3.8) is 0 Å². The van der Waals surface area contributed by atoms with Crippen LogP contribution in [0.4, 0.5) is 0 Å². The van der Waals surface area contributed by atoms with Crippen molar-refractivity contribution in [1.82, 2.24) is 20.1 Å². The second-order valence-electron chi connectivity index (χ2n) is 6.97. The number of hydrogen-bond donors (Lipinski definition) is 1. The second-order valence-corrected chi connectivity index (χ2v) is 8.79. The zero-order valence-electron chi connectivity index (χ0n) is 16.1. The van der Waals surface area contributed by atoms with Crippen LogP contribution in [0.15, 0.2) is 34.3 Å². The van der Waals surface area contributed by atoms with Crippen molar-refractivity contribution in [1.29, 1.82) is 0 Å². The van der Waals surface area contributed by atoms with Crippen LogP contribution < -0.4 is 5.32 Å². The number of rotatable bonds is 9. The number of carbonyl (C=O) groups excluding carboxylic acids is 1. The summed E-state index contributed by atoms with van der Waals surface area (Å²) in [6.07, 6.45) is 8.85. The fraction of sp³-hybridized carbons (Fsp3) is 0.550. The Bertz CT molecular complexity index is 739. The molecule has 0 spiro atoms. The molecule has 0 atom stereocenters. The smallest absolute Gasteiger partial charge is 0.230 e. The van der Waals surface area contributed by atoms with Crippen molar-refractivity contribution >= 4 is 29.4 Å². The van der Waals surface area contributed by atoms with Gasteiger partial charge in [0.2, 0.25) is 5.91 Å². The predicted octanol–water partition coefficient (Wildman–Crippen LogP) is 4.26. The molecular weight excluding hydrogens is 376 g/mol. The fourth-order valence-corrected chi connectivity index (χ4v) is 4.76. The van der Waals surface area contributed by atoms with Crippen molar-refractivity contribution in [2.75, 3.05) is 18.6 Å². The van der Waals surface area contributed by atoms with Crippen molar-refractivity contribution in [2.45, 2.75) is 61.5 Å². The first-order valence-electron chi connectivity index (χ1n) is 9.61. The quantitative estimate of drug-likeness (QED) is 0.500. The molecule has 1 fully saturated rings. The van der Waals surface area contributed by atoms with Crippen LogP contribution in [0.25, 0.3) is 0 Å². The third-order valence-electron chi connectivity index (χ3n) is 4.90. The molecule has 3 rings (SSSR count). The summed E-state index contributed by atoms with van der Waals surface area (Å²) in [5.74, 6) is 1.61. The predicted molar refractivity (Wildman–Crippen MR) is 113 cm³/mol. The van der Waals surface area contributed by atoms with E-state index in [-0.39, 0.29) is 5.91 Å². The average Bonchev–Trinajstić information content (AvgIpc) is 3.33. The van der Waals surface area contributed by atoms with Crippen molar-refractivity contribution in [2.24, 2.45) is 0 Å². The lowest BCUT2D eigenvalue weighted by atomic mass is 10.2. The molecule has 1 N–H and O–H groups in total. The molecule has 1 aliphatic carbocycles. The number of aromatic nitrogens is 3. The number of carbonyl (C=O) groups is 1. The van der Waals surface area contributed by atoms with Crippen LogP contribution >= 0.6 is 23.5 Å². The topological polar surface area (TPSA) is 59.8 Å². The first kappa shape index (κ1) is 20.3. The third-order valence-corrected chi connectivity index (χ3v) is 6.55. The summed E-state index contributed by atoms with van der Waals surface area (Å²) >= 11 is 3.25. The van der Waals surface area contributed by atoms with E-state index in [2.05, 4.69) is 57.5 Å². The van der Waals surface area contributed by atoms with Crippen molar-refractivity contribution in [3.8, 4) is 0 Å². The maximum Gasteiger partial charge on any atom is 0.230 e. The Kier molecular flexibility index (Phi) is 7.64. The molecule has 1 amide bonds. The number of nitrogens with one attached hydrogen (secondary N) is 1. The summed E-state index contributed by atoms with van der Waals surface area (Å²) in [5.41, 5.74) is 1.24. The number of amides is 1. The van der Waals surface area contributed by atoms with E-state index in [4.69, 9.17) is 0 Å². The summed E-state index contributed by atoms with van der Waals surface area (Å²) in [6, 6.07) is 8.82. The molecule has 27 heavy (non-hydrogen) atoms. The Balaban J connectivity index is 1.41. The molecule has 1 aromatic heterocycles. The number of benzene rings is 1. The fourth-order valence-electron chi connectivity index (χ4n) is 3.45. The normalized spacial score (nSPS) is 14.6. The van der Waals surface area contributed by atoms with Crippen LogP contribution in [0.2, 0.25) is 0 Å². The molecule has 0 radical (unpaired) electrons. The van der Waals surface area contributed by atoms with Gasteiger partial charge in [0.25, 0.3) is 0 Å². The second kappa shape index (κ2) is 10.2. The van der Waals surface area contributed by atoms with Gasteiger partial charge in [-0.3, -0.25) is 4.79 Å². The van der Waals surface area contributed by atoms with Gasteiger partial charge in [-0.2, -0.15) is 0 Å². The van der Waals surface area contributed by atoms with E-state index in [1.54, 1.807) is 23.5 Å². The molecule has 1 saturated carbocycles. The number of thioether (sulfide) groups is 2. The van der Waals surface area contributed by atoms with Gasteiger partial charge in [-0.15, -0.1) is 22.0 Å². The number of hydrogen-bond acceptors (Lipinski definition) is 5. The molecule has 7 heteroatoms. The largest absolute Gasteiger partial charge is 0.355 e. The summed E-state index contributed by atoms with van der Waals surface area (Å²) in [4.78, 5) is 13.2. The van der Waals surface area contributed by atoms with E-state index in [0.29, 0.717) is 18.3 Å². The zero-order chi connectivity index (χ0) is 19.1. The van der Waals surface area contributed by atoms with Gasteiger partial charge in [0.1, 0.15) is 5.82 Å². The van der Waals surface area contributed by atoms with E-state index in [1.165, 1.54) is 31.2 Å². The lowest BCUT2D eigenvalue weighted by molar-refractivity contribution is -0.118. The van der Waals surface area contributed by atoms with Gasteiger partial charge >= 0.3 is 0 Å². The van der Waals surface area contributed by atoms with Crippen LogP contribution in [-0.4, -0.2) is 39.2 Å². The van der Waals surface area contributed by atoms with E-state index in [1.807, 2.05) is 0 Å². The van der Waals surface area contributed by atoms with Crippen LogP contribution in [0.3, 0.4) is 0 Å². The minimum Gasteiger partial charge on any atom is -0.355 e. The van der Waals surface area contributed by atoms with E-state index in [0.717, 1.165) is 28.7 Å². The summed E-state index contributed by atoms with van der Waals surface area (Å²) in [5, 5.41) is 12.8. The Morgan fingerprint density at radius 3 is 2.67 bits per heavy atom. The SMILES string of the molecule is CSc1nnc(CCCNC(=O)CSc2ccc(C)cc2)n1C1CCCC1. The van der Waals surface area contributed by atoms with Gasteiger partial charge in [0, 0.05) is 23.9 Å².